The number of nitrogens with zero attached hydrogens (tertiary/aromatic N) is 1. The van der Waals surface area contributed by atoms with Gasteiger partial charge in [0.25, 0.3) is 0 Å². The number of carboxylic acids is 1. The van der Waals surface area contributed by atoms with E-state index in [2.05, 4.69) is 16.0 Å². The molecule has 0 fully saturated rings. The van der Waals surface area contributed by atoms with Crippen molar-refractivity contribution in [1.82, 2.24) is 20.9 Å². The second kappa shape index (κ2) is 15.2. The molecule has 0 spiro atoms. The van der Waals surface area contributed by atoms with Gasteiger partial charge in [-0.3, -0.25) is 19.2 Å². The molecule has 0 saturated carbocycles. The van der Waals surface area contributed by atoms with Crippen LogP contribution in [0.5, 0.6) is 5.75 Å². The van der Waals surface area contributed by atoms with Crippen molar-refractivity contribution in [3.05, 3.63) is 65.7 Å². The van der Waals surface area contributed by atoms with Gasteiger partial charge in [0.1, 0.15) is 23.9 Å². The first-order valence-corrected chi connectivity index (χ1v) is 12.5. The van der Waals surface area contributed by atoms with E-state index in [9.17, 15) is 34.2 Å². The van der Waals surface area contributed by atoms with Gasteiger partial charge in [0, 0.05) is 13.5 Å². The maximum absolute atomic E-state index is 12.9. The minimum Gasteiger partial charge on any atom is -0.508 e. The lowest BCUT2D eigenvalue weighted by molar-refractivity contribution is -0.145. The highest BCUT2D eigenvalue weighted by Gasteiger charge is 2.31. The maximum Gasteiger partial charge on any atom is 0.328 e. The van der Waals surface area contributed by atoms with Crippen LogP contribution in [0, 0.1) is 0 Å². The normalized spacial score (nSPS) is 13.7. The van der Waals surface area contributed by atoms with Crippen LogP contribution < -0.4 is 21.7 Å². The first-order chi connectivity index (χ1) is 18.9. The average molecular weight is 558 g/mol. The first kappa shape index (κ1) is 31.7. The van der Waals surface area contributed by atoms with E-state index in [1.807, 2.05) is 0 Å². The molecule has 0 saturated heterocycles. The molecule has 0 heterocycles. The summed E-state index contributed by atoms with van der Waals surface area (Å²) < 4.78 is 0. The molecule has 2 aromatic rings. The number of hydrogen-bond donors (Lipinski definition) is 7. The Labute approximate surface area is 231 Å². The van der Waals surface area contributed by atoms with Crippen LogP contribution in [0.3, 0.4) is 0 Å². The zero-order chi connectivity index (χ0) is 29.8. The Morgan fingerprint density at radius 2 is 1.48 bits per heavy atom. The van der Waals surface area contributed by atoms with Crippen LogP contribution in [0.4, 0.5) is 0 Å². The van der Waals surface area contributed by atoms with Crippen molar-refractivity contribution in [1.29, 1.82) is 0 Å². The number of nitrogens with two attached hydrogens (primary N) is 1. The lowest BCUT2D eigenvalue weighted by atomic mass is 10.0. The molecule has 40 heavy (non-hydrogen) atoms. The minimum absolute atomic E-state index is 0.0476. The number of phenolic OH excluding ortho intramolecular Hbond substituents is 1. The van der Waals surface area contributed by atoms with E-state index in [0.29, 0.717) is 11.1 Å². The number of aromatic hydroxyl groups is 1. The van der Waals surface area contributed by atoms with E-state index in [0.717, 1.165) is 4.90 Å². The van der Waals surface area contributed by atoms with Gasteiger partial charge in [-0.1, -0.05) is 42.5 Å². The number of likely N-dealkylation sites (N-methyl/N-ethyl adjacent to an activating group) is 1. The van der Waals surface area contributed by atoms with E-state index >= 15 is 0 Å². The van der Waals surface area contributed by atoms with E-state index < -0.39 is 66.9 Å². The largest absolute Gasteiger partial charge is 0.508 e. The van der Waals surface area contributed by atoms with Crippen molar-refractivity contribution in [2.45, 2.75) is 43.9 Å². The van der Waals surface area contributed by atoms with Gasteiger partial charge in [-0.05, 0) is 36.6 Å². The lowest BCUT2D eigenvalue weighted by Gasteiger charge is -2.29. The van der Waals surface area contributed by atoms with Crippen LogP contribution in [0.25, 0.3) is 0 Å². The van der Waals surface area contributed by atoms with Crippen LogP contribution in [-0.4, -0.2) is 94.2 Å². The van der Waals surface area contributed by atoms with Crippen molar-refractivity contribution in [3.63, 3.8) is 0 Å². The molecule has 0 unspecified atom stereocenters. The van der Waals surface area contributed by atoms with Crippen LogP contribution in [0.2, 0.25) is 0 Å². The van der Waals surface area contributed by atoms with Crippen LogP contribution >= 0.6 is 0 Å². The molecule has 0 aliphatic heterocycles. The van der Waals surface area contributed by atoms with E-state index in [-0.39, 0.29) is 18.6 Å². The highest BCUT2D eigenvalue weighted by atomic mass is 16.4. The van der Waals surface area contributed by atoms with Gasteiger partial charge >= 0.3 is 5.97 Å². The summed E-state index contributed by atoms with van der Waals surface area (Å²) in [5, 5.41) is 34.9. The number of phenols is 1. The van der Waals surface area contributed by atoms with E-state index in [1.165, 1.54) is 26.1 Å². The highest BCUT2D eigenvalue weighted by molar-refractivity contribution is 5.94. The number of hydrogen-bond acceptors (Lipinski definition) is 8. The predicted molar refractivity (Wildman–Crippen MR) is 144 cm³/mol. The van der Waals surface area contributed by atoms with E-state index in [1.54, 1.807) is 42.5 Å². The number of carbonyl (C=O) groups is 5. The number of carboxylic acid groups (broad SMARTS) is 1. The molecule has 4 atom stereocenters. The first-order valence-electron chi connectivity index (χ1n) is 12.5. The molecule has 0 aromatic heterocycles. The number of rotatable bonds is 14. The van der Waals surface area contributed by atoms with Gasteiger partial charge in [0.05, 0.1) is 19.2 Å². The zero-order valence-corrected chi connectivity index (χ0v) is 22.2. The summed E-state index contributed by atoms with van der Waals surface area (Å²) in [5.41, 5.74) is 7.34. The number of nitrogens with one attached hydrogen (secondary N) is 3. The molecule has 8 N–H and O–H groups in total. The summed E-state index contributed by atoms with van der Waals surface area (Å²) in [5.74, 6) is -4.06. The van der Waals surface area contributed by atoms with E-state index in [4.69, 9.17) is 10.8 Å². The third kappa shape index (κ3) is 9.67. The molecule has 2 rings (SSSR count). The van der Waals surface area contributed by atoms with Crippen molar-refractivity contribution in [2.75, 3.05) is 20.2 Å². The third-order valence-corrected chi connectivity index (χ3v) is 6.13. The Kier molecular flexibility index (Phi) is 12.0. The second-order valence-electron chi connectivity index (χ2n) is 9.22. The smallest absolute Gasteiger partial charge is 0.328 e. The van der Waals surface area contributed by atoms with Crippen molar-refractivity contribution >= 4 is 29.6 Å². The van der Waals surface area contributed by atoms with Crippen molar-refractivity contribution < 1.29 is 39.3 Å². The van der Waals surface area contributed by atoms with Gasteiger partial charge in [0.2, 0.25) is 23.6 Å². The molecule has 216 valence electrons. The third-order valence-electron chi connectivity index (χ3n) is 6.13. The molecule has 0 radical (unpaired) electrons. The molecule has 13 heteroatoms. The minimum atomic E-state index is -1.56. The Hall–Kier alpha value is -4.49. The Bertz CT molecular complexity index is 1180. The fourth-order valence-electron chi connectivity index (χ4n) is 3.68. The van der Waals surface area contributed by atoms with Crippen molar-refractivity contribution in [3.8, 4) is 5.75 Å². The monoisotopic (exact) mass is 557 g/mol. The van der Waals surface area contributed by atoms with Crippen molar-refractivity contribution in [2.24, 2.45) is 5.73 Å². The Balaban J connectivity index is 1.97. The summed E-state index contributed by atoms with van der Waals surface area (Å²) in [6, 6.07) is 10.2. The Morgan fingerprint density at radius 1 is 0.875 bits per heavy atom. The summed E-state index contributed by atoms with van der Waals surface area (Å²) in [7, 11) is 1.34. The number of benzene rings is 2. The summed E-state index contributed by atoms with van der Waals surface area (Å²) >= 11 is 0. The number of carbonyl (C=O) groups excluding carboxylic acids is 4. The molecule has 4 amide bonds. The SMILES string of the molecule is C[C@H](NC(=O)[C@@H](N)Cc1ccc(O)cc1)C(=O)NCC(=O)N(C)[C@@H](Cc1ccccc1)C(=O)N[C@@H](CO)C(=O)O. The molecule has 13 nitrogen and oxygen atoms in total. The number of amides is 4. The molecule has 2 aromatic carbocycles. The molecular formula is C27H35N5O8. The van der Waals surface area contributed by atoms with Gasteiger partial charge < -0.3 is 41.9 Å². The summed E-state index contributed by atoms with van der Waals surface area (Å²) in [6.45, 7) is 0.0758. The number of aliphatic hydroxyl groups excluding tert-OH is 1. The molecule has 0 aliphatic rings. The lowest BCUT2D eigenvalue weighted by Crippen LogP contribution is -2.56. The average Bonchev–Trinajstić information content (AvgIpc) is 2.93. The topological polar surface area (TPSA) is 211 Å². The number of aliphatic hydroxyl groups is 1. The fourth-order valence-corrected chi connectivity index (χ4v) is 3.68. The molecular weight excluding hydrogens is 522 g/mol. The highest BCUT2D eigenvalue weighted by Crippen LogP contribution is 2.11. The fraction of sp³-hybridized carbons (Fsp3) is 0.370. The zero-order valence-electron chi connectivity index (χ0n) is 22.2. The Morgan fingerprint density at radius 3 is 2.05 bits per heavy atom. The van der Waals surface area contributed by atoms with Crippen LogP contribution in [0.15, 0.2) is 54.6 Å². The van der Waals surface area contributed by atoms with Gasteiger partial charge in [-0.15, -0.1) is 0 Å². The quantitative estimate of drug-likeness (QED) is 0.144. The molecule has 0 aliphatic carbocycles. The van der Waals surface area contributed by atoms with Gasteiger partial charge in [0.15, 0.2) is 0 Å². The molecule has 0 bridgehead atoms. The van der Waals surface area contributed by atoms with Gasteiger partial charge in [-0.25, -0.2) is 4.79 Å². The maximum atomic E-state index is 12.9. The summed E-state index contributed by atoms with van der Waals surface area (Å²) in [6.07, 6.45) is 0.222. The second-order valence-corrected chi connectivity index (χ2v) is 9.22. The van der Waals surface area contributed by atoms with Gasteiger partial charge in [-0.2, -0.15) is 0 Å². The van der Waals surface area contributed by atoms with Crippen LogP contribution in [-0.2, 0) is 36.8 Å². The van der Waals surface area contributed by atoms with Crippen LogP contribution in [0.1, 0.15) is 18.1 Å². The predicted octanol–water partition coefficient (Wildman–Crippen LogP) is -1.49. The number of aliphatic carboxylic acids is 1. The standard InChI is InChI=1S/C27H35N5O8/c1-16(30-25(37)20(28)12-18-8-10-19(34)11-9-18)24(36)29-14-23(35)32(2)22(13-17-6-4-3-5-7-17)26(38)31-21(15-33)27(39)40/h3-11,16,20-22,33-34H,12-15,28H2,1-2H3,(H,29,36)(H,30,37)(H,31,38)(H,39,40)/t16-,20-,21-,22-/m0/s1. The summed E-state index contributed by atoms with van der Waals surface area (Å²) in [4.78, 5) is 63.1.